The lowest BCUT2D eigenvalue weighted by Gasteiger charge is -2.14. The van der Waals surface area contributed by atoms with Crippen LogP contribution < -0.4 is 4.74 Å². The molecule has 3 aromatic rings. The number of benzene rings is 3. The Morgan fingerprint density at radius 3 is 2.29 bits per heavy atom. The maximum absolute atomic E-state index is 14.9. The first-order valence-electron chi connectivity index (χ1n) is 9.10. The van der Waals surface area contributed by atoms with Crippen molar-refractivity contribution in [3.8, 4) is 11.5 Å². The van der Waals surface area contributed by atoms with Gasteiger partial charge in [-0.25, -0.2) is 8.78 Å². The third kappa shape index (κ3) is 4.99. The molecule has 28 heavy (non-hydrogen) atoms. The number of halogens is 3. The molecule has 3 rings (SSSR count). The van der Waals surface area contributed by atoms with Crippen molar-refractivity contribution in [3.63, 3.8) is 0 Å². The molecular weight excluding hydrogens is 378 g/mol. The fourth-order valence-electron chi connectivity index (χ4n) is 2.88. The Morgan fingerprint density at radius 2 is 1.64 bits per heavy atom. The van der Waals surface area contributed by atoms with Crippen molar-refractivity contribution in [2.24, 2.45) is 5.92 Å². The van der Waals surface area contributed by atoms with E-state index in [0.29, 0.717) is 22.8 Å². The summed E-state index contributed by atoms with van der Waals surface area (Å²) >= 11 is 5.97. The lowest BCUT2D eigenvalue weighted by atomic mass is 9.94. The number of rotatable bonds is 6. The summed E-state index contributed by atoms with van der Waals surface area (Å²) in [5, 5.41) is 0.591. The molecule has 1 nitrogen and oxygen atoms in total. The lowest BCUT2D eigenvalue weighted by molar-refractivity contribution is 0.441. The van der Waals surface area contributed by atoms with Crippen molar-refractivity contribution in [2.45, 2.75) is 20.3 Å². The molecule has 3 aromatic carbocycles. The number of ether oxygens (including phenoxy) is 1. The highest BCUT2D eigenvalue weighted by molar-refractivity contribution is 6.30. The topological polar surface area (TPSA) is 9.23 Å². The molecule has 0 unspecified atom stereocenters. The van der Waals surface area contributed by atoms with Gasteiger partial charge in [0.15, 0.2) is 11.6 Å². The Labute approximate surface area is 169 Å². The van der Waals surface area contributed by atoms with Crippen LogP contribution >= 0.6 is 11.6 Å². The SMILES string of the molecule is CC(C)/C(F)=C(\Cc1ccc(F)c(Oc2ccccc2)c1)c1ccc(Cl)cc1. The third-order valence-corrected chi connectivity index (χ3v) is 4.59. The van der Waals surface area contributed by atoms with E-state index in [4.69, 9.17) is 16.3 Å². The van der Waals surface area contributed by atoms with Crippen LogP contribution in [0.3, 0.4) is 0 Å². The molecule has 0 saturated carbocycles. The smallest absolute Gasteiger partial charge is 0.165 e. The largest absolute Gasteiger partial charge is 0.454 e. The highest BCUT2D eigenvalue weighted by Gasteiger charge is 2.15. The quantitative estimate of drug-likeness (QED) is 0.410. The molecule has 0 aliphatic rings. The first kappa shape index (κ1) is 20.1. The minimum Gasteiger partial charge on any atom is -0.454 e. The van der Waals surface area contributed by atoms with Gasteiger partial charge in [-0.3, -0.25) is 0 Å². The molecule has 0 fully saturated rings. The second-order valence-corrected chi connectivity index (χ2v) is 7.28. The van der Waals surface area contributed by atoms with E-state index in [1.807, 2.05) is 18.2 Å². The molecule has 0 radical (unpaired) electrons. The van der Waals surface area contributed by atoms with E-state index in [2.05, 4.69) is 0 Å². The first-order valence-corrected chi connectivity index (χ1v) is 9.47. The zero-order valence-corrected chi connectivity index (χ0v) is 16.5. The number of para-hydroxylation sites is 1. The zero-order valence-electron chi connectivity index (χ0n) is 15.8. The summed E-state index contributed by atoms with van der Waals surface area (Å²) in [6, 6.07) is 20.7. The van der Waals surface area contributed by atoms with Crippen LogP contribution in [0.15, 0.2) is 78.6 Å². The predicted molar refractivity (Wildman–Crippen MR) is 111 cm³/mol. The summed E-state index contributed by atoms with van der Waals surface area (Å²) in [6.07, 6.45) is 0.317. The molecule has 0 saturated heterocycles. The van der Waals surface area contributed by atoms with Gasteiger partial charge in [-0.2, -0.15) is 0 Å². The summed E-state index contributed by atoms with van der Waals surface area (Å²) in [6.45, 7) is 3.61. The molecule has 0 aromatic heterocycles. The first-order chi connectivity index (χ1) is 13.4. The average molecular weight is 399 g/mol. The van der Waals surface area contributed by atoms with Crippen molar-refractivity contribution in [2.75, 3.05) is 0 Å². The van der Waals surface area contributed by atoms with Gasteiger partial charge < -0.3 is 4.74 Å². The second kappa shape index (κ2) is 9.03. The van der Waals surface area contributed by atoms with E-state index in [0.717, 1.165) is 11.1 Å². The third-order valence-electron chi connectivity index (χ3n) is 4.34. The minimum atomic E-state index is -0.464. The number of hydrogen-bond acceptors (Lipinski definition) is 1. The number of hydrogen-bond donors (Lipinski definition) is 0. The van der Waals surface area contributed by atoms with Crippen molar-refractivity contribution >= 4 is 17.2 Å². The zero-order chi connectivity index (χ0) is 20.1. The van der Waals surface area contributed by atoms with Crippen LogP contribution in [-0.4, -0.2) is 0 Å². The van der Waals surface area contributed by atoms with Crippen LogP contribution in [-0.2, 0) is 6.42 Å². The molecule has 4 heteroatoms. The fraction of sp³-hybridized carbons (Fsp3) is 0.167. The van der Waals surface area contributed by atoms with Gasteiger partial charge in [-0.05, 0) is 53.1 Å². The van der Waals surface area contributed by atoms with E-state index in [-0.39, 0.29) is 17.5 Å². The Hall–Kier alpha value is -2.65. The van der Waals surface area contributed by atoms with Gasteiger partial charge in [0.2, 0.25) is 0 Å². The van der Waals surface area contributed by atoms with Crippen LogP contribution in [0, 0.1) is 11.7 Å². The molecule has 0 amide bonds. The van der Waals surface area contributed by atoms with E-state index in [9.17, 15) is 8.78 Å². The standard InChI is InChI=1S/C24H21ClF2O/c1-16(2)24(27)21(18-9-11-19(25)12-10-18)14-17-8-13-22(26)23(15-17)28-20-6-4-3-5-7-20/h3-13,15-16H,14H2,1-2H3/b24-21-. The van der Waals surface area contributed by atoms with Gasteiger partial charge in [-0.1, -0.05) is 61.8 Å². The molecule has 144 valence electrons. The van der Waals surface area contributed by atoms with E-state index in [1.165, 1.54) is 6.07 Å². The molecule has 0 heterocycles. The maximum atomic E-state index is 14.9. The monoisotopic (exact) mass is 398 g/mol. The van der Waals surface area contributed by atoms with Gasteiger partial charge in [0.25, 0.3) is 0 Å². The van der Waals surface area contributed by atoms with Gasteiger partial charge in [-0.15, -0.1) is 0 Å². The van der Waals surface area contributed by atoms with Gasteiger partial charge in [0.1, 0.15) is 11.6 Å². The second-order valence-electron chi connectivity index (χ2n) is 6.84. The Kier molecular flexibility index (Phi) is 6.48. The van der Waals surface area contributed by atoms with Crippen LogP contribution in [0.4, 0.5) is 8.78 Å². The highest BCUT2D eigenvalue weighted by atomic mass is 35.5. The van der Waals surface area contributed by atoms with Crippen LogP contribution in [0.1, 0.15) is 25.0 Å². The minimum absolute atomic E-state index is 0.115. The molecule has 0 N–H and O–H groups in total. The highest BCUT2D eigenvalue weighted by Crippen LogP contribution is 2.32. The average Bonchev–Trinajstić information content (AvgIpc) is 2.69. The van der Waals surface area contributed by atoms with Crippen molar-refractivity contribution in [1.29, 1.82) is 0 Å². The molecule has 0 atom stereocenters. The van der Waals surface area contributed by atoms with E-state index < -0.39 is 5.82 Å². The van der Waals surface area contributed by atoms with E-state index >= 15 is 0 Å². The fourth-order valence-corrected chi connectivity index (χ4v) is 3.01. The summed E-state index contributed by atoms with van der Waals surface area (Å²) in [4.78, 5) is 0. The molecule has 0 bridgehead atoms. The van der Waals surface area contributed by atoms with Gasteiger partial charge >= 0.3 is 0 Å². The Morgan fingerprint density at radius 1 is 0.964 bits per heavy atom. The summed E-state index contributed by atoms with van der Waals surface area (Å²) in [5.41, 5.74) is 2.07. The lowest BCUT2D eigenvalue weighted by Crippen LogP contribution is -2.00. The molecule has 0 spiro atoms. The molecule has 0 aliphatic heterocycles. The van der Waals surface area contributed by atoms with Crippen molar-refractivity contribution < 1.29 is 13.5 Å². The Bertz CT molecular complexity index is 964. The van der Waals surface area contributed by atoms with Crippen LogP contribution in [0.2, 0.25) is 5.02 Å². The molecule has 0 aliphatic carbocycles. The molecular formula is C24H21ClF2O. The predicted octanol–water partition coefficient (Wildman–Crippen LogP) is 7.85. The van der Waals surface area contributed by atoms with Gasteiger partial charge in [0.05, 0.1) is 0 Å². The van der Waals surface area contributed by atoms with Crippen molar-refractivity contribution in [3.05, 3.63) is 101 Å². The van der Waals surface area contributed by atoms with Crippen LogP contribution in [0.25, 0.3) is 5.57 Å². The van der Waals surface area contributed by atoms with Crippen molar-refractivity contribution in [1.82, 2.24) is 0 Å². The van der Waals surface area contributed by atoms with E-state index in [1.54, 1.807) is 62.4 Å². The summed E-state index contributed by atoms with van der Waals surface area (Å²) in [5.74, 6) is -0.262. The van der Waals surface area contributed by atoms with Crippen LogP contribution in [0.5, 0.6) is 11.5 Å². The normalized spacial score (nSPS) is 12.1. The number of allylic oxidation sites excluding steroid dienone is 2. The summed E-state index contributed by atoms with van der Waals surface area (Å²) in [7, 11) is 0. The maximum Gasteiger partial charge on any atom is 0.165 e. The van der Waals surface area contributed by atoms with Gasteiger partial charge in [0, 0.05) is 17.4 Å². The summed E-state index contributed by atoms with van der Waals surface area (Å²) < 4.78 is 34.8. The Balaban J connectivity index is 1.94.